The Bertz CT molecular complexity index is 1470. The van der Waals surface area contributed by atoms with Crippen LogP contribution in [0.5, 0.6) is 0 Å². The topological polar surface area (TPSA) is 104 Å². The van der Waals surface area contributed by atoms with Crippen LogP contribution in [-0.2, 0) is 16.0 Å². The maximum absolute atomic E-state index is 12.9. The molecule has 0 saturated carbocycles. The zero-order chi connectivity index (χ0) is 24.0. The molecule has 7 nitrogen and oxygen atoms in total. The maximum atomic E-state index is 12.9. The zero-order valence-corrected chi connectivity index (χ0v) is 19.1. The fourth-order valence-corrected chi connectivity index (χ4v) is 4.90. The first-order valence-corrected chi connectivity index (χ1v) is 11.4. The first-order chi connectivity index (χ1) is 16.3. The van der Waals surface area contributed by atoms with Gasteiger partial charge >= 0.3 is 5.63 Å². The molecular weight excluding hydrogens is 434 g/mol. The van der Waals surface area contributed by atoms with E-state index in [2.05, 4.69) is 0 Å². The highest BCUT2D eigenvalue weighted by Crippen LogP contribution is 2.37. The number of benzene rings is 2. The van der Waals surface area contributed by atoms with Crippen LogP contribution >= 0.6 is 0 Å². The number of carboxylic acids is 1. The first kappa shape index (κ1) is 21.9. The Labute approximate surface area is 195 Å². The van der Waals surface area contributed by atoms with Gasteiger partial charge in [0.05, 0.1) is 12.0 Å². The van der Waals surface area contributed by atoms with Crippen molar-refractivity contribution < 1.29 is 23.5 Å². The molecule has 0 spiro atoms. The molecule has 1 fully saturated rings. The lowest BCUT2D eigenvalue weighted by atomic mass is 9.96. The average molecular weight is 458 g/mol. The molecule has 5 rings (SSSR count). The van der Waals surface area contributed by atoms with Gasteiger partial charge in [-0.15, -0.1) is 0 Å². The van der Waals surface area contributed by atoms with Gasteiger partial charge in [0.25, 0.3) is 0 Å². The molecule has 1 aliphatic heterocycles. The summed E-state index contributed by atoms with van der Waals surface area (Å²) in [6.07, 6.45) is 0.632. The van der Waals surface area contributed by atoms with E-state index < -0.39 is 17.5 Å². The predicted octanol–water partition coefficient (Wildman–Crippen LogP) is 3.35. The maximum Gasteiger partial charge on any atom is 0.340 e. The van der Waals surface area contributed by atoms with Gasteiger partial charge in [-0.1, -0.05) is 30.3 Å². The Morgan fingerprint density at radius 3 is 2.35 bits per heavy atom. The minimum atomic E-state index is -1.08. The number of nitrogens with zero attached hydrogens (tertiary/aromatic N) is 1. The van der Waals surface area contributed by atoms with Crippen LogP contribution in [0.15, 0.2) is 56.1 Å². The highest BCUT2D eigenvalue weighted by atomic mass is 16.4. The number of hydrogen-bond acceptors (Lipinski definition) is 6. The summed E-state index contributed by atoms with van der Waals surface area (Å²) in [5, 5.41) is 12.7. The van der Waals surface area contributed by atoms with Gasteiger partial charge in [0.2, 0.25) is 5.91 Å². The predicted molar refractivity (Wildman–Crippen MR) is 125 cm³/mol. The Hall–Kier alpha value is -3.87. The van der Waals surface area contributed by atoms with Gasteiger partial charge in [0.1, 0.15) is 16.9 Å². The summed E-state index contributed by atoms with van der Waals surface area (Å²) in [6.45, 7) is 4.41. The van der Waals surface area contributed by atoms with Crippen LogP contribution < -0.4 is 10.7 Å². The molecule has 0 unspecified atom stereocenters. The number of carboxylic acid groups (broad SMARTS) is 1. The van der Waals surface area contributed by atoms with E-state index in [1.54, 1.807) is 11.0 Å². The summed E-state index contributed by atoms with van der Waals surface area (Å²) < 4.78 is 11.6. The van der Waals surface area contributed by atoms with Crippen molar-refractivity contribution in [3.8, 4) is 11.1 Å². The van der Waals surface area contributed by atoms with E-state index in [0.29, 0.717) is 48.2 Å². The molecule has 0 bridgehead atoms. The highest BCUT2D eigenvalue weighted by molar-refractivity contribution is 6.03. The molecule has 0 atom stereocenters. The summed E-state index contributed by atoms with van der Waals surface area (Å²) in [7, 11) is 0. The van der Waals surface area contributed by atoms with Crippen molar-refractivity contribution in [3.63, 3.8) is 0 Å². The minimum Gasteiger partial charge on any atom is -0.550 e. The second-order valence-corrected chi connectivity index (χ2v) is 8.89. The number of likely N-dealkylation sites (tertiary alicyclic amines) is 1. The second-order valence-electron chi connectivity index (χ2n) is 8.89. The summed E-state index contributed by atoms with van der Waals surface area (Å²) in [5.74, 6) is -1.05. The van der Waals surface area contributed by atoms with Crippen LogP contribution in [0, 0.1) is 19.8 Å². The Kier molecular flexibility index (Phi) is 5.48. The van der Waals surface area contributed by atoms with E-state index in [4.69, 9.17) is 8.83 Å². The molecular formula is C27H24NO6-. The fourth-order valence-electron chi connectivity index (χ4n) is 4.90. The SMILES string of the molecule is Cc1oc2cc3oc(=O)c(CC(=O)N4CCC(C(=O)[O-])CC4)c(C)c3cc2c1-c1ccccc1. The number of piperidine rings is 1. The summed E-state index contributed by atoms with van der Waals surface area (Å²) >= 11 is 0. The molecule has 34 heavy (non-hydrogen) atoms. The minimum absolute atomic E-state index is 0.0892. The second kappa shape index (κ2) is 8.48. The lowest BCUT2D eigenvalue weighted by Crippen LogP contribution is -2.44. The van der Waals surface area contributed by atoms with Crippen molar-refractivity contribution in [3.05, 3.63) is 69.8 Å². The van der Waals surface area contributed by atoms with Crippen molar-refractivity contribution in [2.45, 2.75) is 33.1 Å². The number of furan rings is 1. The number of hydrogen-bond donors (Lipinski definition) is 0. The Morgan fingerprint density at radius 2 is 1.68 bits per heavy atom. The summed E-state index contributed by atoms with van der Waals surface area (Å²) in [6, 6.07) is 13.6. The lowest BCUT2D eigenvalue weighted by Gasteiger charge is -2.32. The van der Waals surface area contributed by atoms with Gasteiger partial charge in [-0.2, -0.15) is 0 Å². The van der Waals surface area contributed by atoms with Crippen LogP contribution in [0.4, 0.5) is 0 Å². The van der Waals surface area contributed by atoms with Crippen LogP contribution in [0.3, 0.4) is 0 Å². The Morgan fingerprint density at radius 1 is 1.00 bits per heavy atom. The van der Waals surface area contributed by atoms with Crippen molar-refractivity contribution in [2.75, 3.05) is 13.1 Å². The standard InChI is InChI=1S/C27H25NO6/c1-15-19-12-21-23(33-16(2)25(21)17-6-4-3-5-7-17)14-22(19)34-27(32)20(15)13-24(29)28-10-8-18(9-11-28)26(30)31/h3-7,12,14,18H,8-11,13H2,1-2H3,(H,30,31)/p-1. The number of fused-ring (bicyclic) bond motifs is 2. The normalized spacial score (nSPS) is 14.7. The molecule has 1 amide bonds. The third kappa shape index (κ3) is 3.77. The van der Waals surface area contributed by atoms with Gasteiger partial charge in [0, 0.05) is 47.4 Å². The van der Waals surface area contributed by atoms with E-state index in [1.165, 1.54) is 0 Å². The van der Waals surface area contributed by atoms with Crippen LogP contribution in [0.1, 0.15) is 29.7 Å². The molecule has 1 saturated heterocycles. The molecule has 1 aliphatic rings. The largest absolute Gasteiger partial charge is 0.550 e. The first-order valence-electron chi connectivity index (χ1n) is 11.4. The number of aliphatic carboxylic acids is 1. The fraction of sp³-hybridized carbons (Fsp3) is 0.296. The van der Waals surface area contributed by atoms with Gasteiger partial charge in [0.15, 0.2) is 0 Å². The monoisotopic (exact) mass is 458 g/mol. The summed E-state index contributed by atoms with van der Waals surface area (Å²) in [5.41, 5.74) is 3.53. The van der Waals surface area contributed by atoms with E-state index in [-0.39, 0.29) is 12.3 Å². The van der Waals surface area contributed by atoms with Crippen molar-refractivity contribution in [2.24, 2.45) is 5.92 Å². The number of aryl methyl sites for hydroxylation is 2. The van der Waals surface area contributed by atoms with Crippen LogP contribution in [-0.4, -0.2) is 29.9 Å². The smallest absolute Gasteiger partial charge is 0.340 e. The number of carbonyl (C=O) groups excluding carboxylic acids is 2. The molecule has 174 valence electrons. The van der Waals surface area contributed by atoms with Gasteiger partial charge in [-0.05, 0) is 43.9 Å². The quantitative estimate of drug-likeness (QED) is 0.435. The molecule has 3 heterocycles. The average Bonchev–Trinajstić information content (AvgIpc) is 3.15. The molecule has 2 aromatic heterocycles. The molecule has 0 aliphatic carbocycles. The van der Waals surface area contributed by atoms with Crippen LogP contribution in [0.25, 0.3) is 33.1 Å². The van der Waals surface area contributed by atoms with Crippen molar-refractivity contribution in [1.82, 2.24) is 4.90 Å². The molecule has 2 aromatic carbocycles. The van der Waals surface area contributed by atoms with Crippen molar-refractivity contribution in [1.29, 1.82) is 0 Å². The van der Waals surface area contributed by atoms with E-state index >= 15 is 0 Å². The third-order valence-electron chi connectivity index (χ3n) is 6.84. The molecule has 0 radical (unpaired) electrons. The van der Waals surface area contributed by atoms with E-state index in [0.717, 1.165) is 27.7 Å². The summed E-state index contributed by atoms with van der Waals surface area (Å²) in [4.78, 5) is 38.4. The van der Waals surface area contributed by atoms with E-state index in [1.807, 2.05) is 50.2 Å². The highest BCUT2D eigenvalue weighted by Gasteiger charge is 2.25. The molecule has 0 N–H and O–H groups in total. The number of amides is 1. The van der Waals surface area contributed by atoms with Gasteiger partial charge in [-0.3, -0.25) is 4.79 Å². The Balaban J connectivity index is 1.52. The van der Waals surface area contributed by atoms with Gasteiger partial charge in [-0.25, -0.2) is 4.79 Å². The lowest BCUT2D eigenvalue weighted by molar-refractivity contribution is -0.312. The van der Waals surface area contributed by atoms with Crippen molar-refractivity contribution >= 4 is 33.8 Å². The number of rotatable bonds is 4. The van der Waals surface area contributed by atoms with E-state index in [9.17, 15) is 19.5 Å². The molecule has 7 heteroatoms. The molecule has 4 aromatic rings. The van der Waals surface area contributed by atoms with Crippen LogP contribution in [0.2, 0.25) is 0 Å². The number of carbonyl (C=O) groups is 2. The van der Waals surface area contributed by atoms with Gasteiger partial charge < -0.3 is 23.6 Å². The zero-order valence-electron chi connectivity index (χ0n) is 19.1. The third-order valence-corrected chi connectivity index (χ3v) is 6.84.